The Bertz CT molecular complexity index is 1320. The van der Waals surface area contributed by atoms with Gasteiger partial charge in [-0.25, -0.2) is 13.9 Å². The number of aromatic carboxylic acids is 1. The van der Waals surface area contributed by atoms with Crippen LogP contribution in [0.3, 0.4) is 0 Å². The van der Waals surface area contributed by atoms with E-state index in [0.717, 1.165) is 11.3 Å². The van der Waals surface area contributed by atoms with Gasteiger partial charge in [-0.05, 0) is 46.6 Å². The van der Waals surface area contributed by atoms with E-state index in [9.17, 15) is 24.3 Å². The first-order valence-electron chi connectivity index (χ1n) is 8.97. The molecule has 0 bridgehead atoms. The normalized spacial score (nSPS) is 11.0. The van der Waals surface area contributed by atoms with Gasteiger partial charge in [-0.3, -0.25) is 4.79 Å². The second kappa shape index (κ2) is 7.64. The minimum Gasteiger partial charge on any atom is -0.710 e. The van der Waals surface area contributed by atoms with E-state index < -0.39 is 17.6 Å². The van der Waals surface area contributed by atoms with E-state index in [1.165, 1.54) is 23.7 Å². The molecule has 0 aliphatic heterocycles. The van der Waals surface area contributed by atoms with E-state index in [1.807, 2.05) is 0 Å². The number of thiophene rings is 1. The predicted molar refractivity (Wildman–Crippen MR) is 110 cm³/mol. The molecule has 0 radical (unpaired) electrons. The molecule has 0 fully saturated rings. The number of carboxylic acid groups (broad SMARTS) is 1. The quantitative estimate of drug-likeness (QED) is 0.296. The molecule has 0 saturated heterocycles. The highest BCUT2D eigenvalue weighted by Gasteiger charge is 2.27. The van der Waals surface area contributed by atoms with Crippen LogP contribution in [0, 0.1) is 17.9 Å². The fourth-order valence-corrected chi connectivity index (χ4v) is 4.37. The van der Waals surface area contributed by atoms with Crippen LogP contribution in [-0.2, 0) is 6.42 Å². The maximum Gasteiger partial charge on any atom is 0.370 e. The zero-order chi connectivity index (χ0) is 21.4. The van der Waals surface area contributed by atoms with E-state index in [1.54, 1.807) is 37.3 Å². The second-order valence-corrected chi connectivity index (χ2v) is 7.67. The second-order valence-electron chi connectivity index (χ2n) is 6.79. The molecular weight excluding hydrogens is 407 g/mol. The molecule has 4 rings (SSSR count). The number of carboxylic acids is 1. The summed E-state index contributed by atoms with van der Waals surface area (Å²) in [4.78, 5) is 28.9. The molecule has 0 aliphatic carbocycles. The molecule has 2 heterocycles. The van der Waals surface area contributed by atoms with Crippen molar-refractivity contribution in [2.45, 2.75) is 13.3 Å². The molecule has 4 aromatic rings. The molecule has 0 saturated carbocycles. The number of aromatic nitrogens is 2. The number of ketones is 1. The van der Waals surface area contributed by atoms with Gasteiger partial charge in [0.1, 0.15) is 11.3 Å². The van der Waals surface area contributed by atoms with Crippen LogP contribution in [0.15, 0.2) is 54.0 Å². The predicted octanol–water partition coefficient (Wildman–Crippen LogP) is 4.17. The molecule has 8 heteroatoms. The Morgan fingerprint density at radius 3 is 2.73 bits per heavy atom. The average molecular weight is 422 g/mol. The summed E-state index contributed by atoms with van der Waals surface area (Å²) in [6.45, 7) is 1.73. The standard InChI is InChI=1S/C22H15FN2O4S/c1-12-6-7-15(16(23)8-12)20-19(22(27)28)14(11-30-20)9-18(26)21-24-10-13-4-2-3-5-17(13)25(21)29/h2-8,10-11H,9H2,1H3,(H,27,28). The van der Waals surface area contributed by atoms with Gasteiger partial charge in [0.2, 0.25) is 0 Å². The first-order chi connectivity index (χ1) is 14.4. The SMILES string of the molecule is Cc1ccc(-c2scc(CC(=O)c3ncc4ccccc4[n+]3[O-])c2C(=O)O)c(F)c1. The summed E-state index contributed by atoms with van der Waals surface area (Å²) in [5, 5.41) is 24.4. The number of halogens is 1. The molecule has 150 valence electrons. The summed E-state index contributed by atoms with van der Waals surface area (Å²) < 4.78 is 14.9. The molecule has 30 heavy (non-hydrogen) atoms. The van der Waals surface area contributed by atoms with Crippen LogP contribution >= 0.6 is 11.3 Å². The lowest BCUT2D eigenvalue weighted by atomic mass is 10.0. The van der Waals surface area contributed by atoms with Crippen LogP contribution in [0.1, 0.15) is 32.1 Å². The summed E-state index contributed by atoms with van der Waals surface area (Å²) in [6.07, 6.45) is 1.09. The van der Waals surface area contributed by atoms with Crippen molar-refractivity contribution in [3.63, 3.8) is 0 Å². The lowest BCUT2D eigenvalue weighted by molar-refractivity contribution is -0.583. The van der Waals surface area contributed by atoms with Crippen LogP contribution in [-0.4, -0.2) is 21.8 Å². The zero-order valence-electron chi connectivity index (χ0n) is 15.8. The Hall–Kier alpha value is -3.65. The highest BCUT2D eigenvalue weighted by Crippen LogP contribution is 2.35. The molecule has 0 amide bonds. The number of carbonyl (C=O) groups is 2. The monoisotopic (exact) mass is 422 g/mol. The Morgan fingerprint density at radius 2 is 2.00 bits per heavy atom. The van der Waals surface area contributed by atoms with Crippen molar-refractivity contribution < 1.29 is 23.8 Å². The van der Waals surface area contributed by atoms with E-state index in [2.05, 4.69) is 4.98 Å². The van der Waals surface area contributed by atoms with Crippen molar-refractivity contribution in [1.29, 1.82) is 0 Å². The summed E-state index contributed by atoms with van der Waals surface area (Å²) in [7, 11) is 0. The van der Waals surface area contributed by atoms with Crippen LogP contribution in [0.5, 0.6) is 0 Å². The highest BCUT2D eigenvalue weighted by molar-refractivity contribution is 7.14. The molecular formula is C22H15FN2O4S. The lowest BCUT2D eigenvalue weighted by Gasteiger charge is -2.08. The maximum absolute atomic E-state index is 14.4. The van der Waals surface area contributed by atoms with Crippen LogP contribution < -0.4 is 4.73 Å². The average Bonchev–Trinajstić information content (AvgIpc) is 3.11. The van der Waals surface area contributed by atoms with Crippen LogP contribution in [0.2, 0.25) is 0 Å². The Kier molecular flexibility index (Phi) is 5.01. The summed E-state index contributed by atoms with van der Waals surface area (Å²) in [6, 6.07) is 11.2. The third-order valence-corrected chi connectivity index (χ3v) is 5.79. The van der Waals surface area contributed by atoms with Gasteiger partial charge < -0.3 is 10.3 Å². The smallest absolute Gasteiger partial charge is 0.370 e. The molecule has 1 N–H and O–H groups in total. The van der Waals surface area contributed by atoms with Gasteiger partial charge in [-0.1, -0.05) is 24.3 Å². The summed E-state index contributed by atoms with van der Waals surface area (Å²) >= 11 is 1.04. The largest absolute Gasteiger partial charge is 0.710 e. The number of Topliss-reactive ketones (excluding diaryl/α,β-unsaturated/α-hetero) is 1. The first kappa shape index (κ1) is 19.7. The molecule has 2 aromatic heterocycles. The number of aryl methyl sites for hydroxylation is 1. The molecule has 0 unspecified atom stereocenters. The number of hydrogen-bond donors (Lipinski definition) is 1. The Labute approximate surface area is 174 Å². The van der Waals surface area contributed by atoms with Crippen molar-refractivity contribution in [2.75, 3.05) is 0 Å². The van der Waals surface area contributed by atoms with Gasteiger partial charge >= 0.3 is 11.8 Å². The van der Waals surface area contributed by atoms with Gasteiger partial charge in [0.15, 0.2) is 6.20 Å². The lowest BCUT2D eigenvalue weighted by Crippen LogP contribution is -2.37. The molecule has 0 spiro atoms. The third-order valence-electron chi connectivity index (χ3n) is 4.72. The minimum absolute atomic E-state index is 0.144. The van der Waals surface area contributed by atoms with Crippen LogP contribution in [0.25, 0.3) is 21.3 Å². The third kappa shape index (κ3) is 3.42. The Balaban J connectivity index is 1.74. The van der Waals surface area contributed by atoms with E-state index in [0.29, 0.717) is 21.2 Å². The van der Waals surface area contributed by atoms with Crippen molar-refractivity contribution >= 4 is 34.0 Å². The maximum atomic E-state index is 14.4. The van der Waals surface area contributed by atoms with Crippen LogP contribution in [0.4, 0.5) is 4.39 Å². The number of benzene rings is 2. The highest BCUT2D eigenvalue weighted by atomic mass is 32.1. The molecule has 6 nitrogen and oxygen atoms in total. The van der Waals surface area contributed by atoms with Gasteiger partial charge in [0, 0.05) is 12.0 Å². The number of carbonyl (C=O) groups excluding carboxylic acids is 1. The van der Waals surface area contributed by atoms with Crippen molar-refractivity contribution in [3.8, 4) is 10.4 Å². The fourth-order valence-electron chi connectivity index (χ4n) is 3.28. The molecule has 2 aromatic carbocycles. The number of hydrogen-bond acceptors (Lipinski definition) is 5. The van der Waals surface area contributed by atoms with Gasteiger partial charge in [0.25, 0.3) is 5.78 Å². The summed E-state index contributed by atoms with van der Waals surface area (Å²) in [5.74, 6) is -2.74. The Morgan fingerprint density at radius 1 is 1.23 bits per heavy atom. The number of nitrogens with zero attached hydrogens (tertiary/aromatic N) is 2. The number of para-hydroxylation sites is 1. The fraction of sp³-hybridized carbons (Fsp3) is 0.0909. The van der Waals surface area contributed by atoms with E-state index in [4.69, 9.17) is 0 Å². The first-order valence-corrected chi connectivity index (χ1v) is 9.85. The van der Waals surface area contributed by atoms with Gasteiger partial charge in [-0.2, -0.15) is 0 Å². The van der Waals surface area contributed by atoms with Crippen molar-refractivity contribution in [3.05, 3.63) is 87.6 Å². The van der Waals surface area contributed by atoms with E-state index >= 15 is 0 Å². The zero-order valence-corrected chi connectivity index (χ0v) is 16.6. The molecule has 0 aliphatic rings. The number of fused-ring (bicyclic) bond motifs is 1. The van der Waals surface area contributed by atoms with Gasteiger partial charge in [-0.15, -0.1) is 11.3 Å². The molecule has 0 atom stereocenters. The van der Waals surface area contributed by atoms with Crippen molar-refractivity contribution in [2.24, 2.45) is 0 Å². The number of rotatable bonds is 5. The minimum atomic E-state index is -1.27. The van der Waals surface area contributed by atoms with E-state index in [-0.39, 0.29) is 33.8 Å². The summed E-state index contributed by atoms with van der Waals surface area (Å²) in [5.41, 5.74) is 1.23. The van der Waals surface area contributed by atoms with Gasteiger partial charge in [0.05, 0.1) is 15.8 Å². The van der Waals surface area contributed by atoms with Crippen molar-refractivity contribution in [1.82, 2.24) is 4.98 Å². The topological polar surface area (TPSA) is 94.2 Å².